The number of amides is 2. The first-order chi connectivity index (χ1) is 9.80. The maximum absolute atomic E-state index is 12.5. The molecule has 0 aromatic heterocycles. The summed E-state index contributed by atoms with van der Waals surface area (Å²) in [6, 6.07) is -0.679. The van der Waals surface area contributed by atoms with E-state index in [4.69, 9.17) is 0 Å². The molecule has 1 heterocycles. The maximum atomic E-state index is 12.5. The van der Waals surface area contributed by atoms with Gasteiger partial charge in [-0.1, -0.05) is 26.2 Å². The Balaban J connectivity index is 2.22. The number of rotatable bonds is 4. The summed E-state index contributed by atoms with van der Waals surface area (Å²) in [4.78, 5) is 26.1. The second-order valence-electron chi connectivity index (χ2n) is 5.91. The van der Waals surface area contributed by atoms with Crippen LogP contribution in [0.5, 0.6) is 0 Å². The first-order valence-corrected chi connectivity index (χ1v) is 7.49. The fourth-order valence-corrected chi connectivity index (χ4v) is 3.38. The molecule has 0 bridgehead atoms. The highest BCUT2D eigenvalue weighted by Gasteiger charge is 2.53. The Labute approximate surface area is 122 Å². The van der Waals surface area contributed by atoms with Gasteiger partial charge in [-0.15, -0.1) is 0 Å². The summed E-state index contributed by atoms with van der Waals surface area (Å²) in [6.45, 7) is 1.45. The van der Waals surface area contributed by atoms with E-state index < -0.39 is 30.7 Å². The monoisotopic (exact) mass is 306 g/mol. The average Bonchev–Trinajstić information content (AvgIpc) is 2.85. The average molecular weight is 306 g/mol. The zero-order valence-corrected chi connectivity index (χ0v) is 12.1. The summed E-state index contributed by atoms with van der Waals surface area (Å²) in [7, 11) is 0. The summed E-state index contributed by atoms with van der Waals surface area (Å²) in [5, 5.41) is 2.72. The second-order valence-corrected chi connectivity index (χ2v) is 5.91. The van der Waals surface area contributed by atoms with Crippen LogP contribution in [0.25, 0.3) is 0 Å². The standard InChI is InChI=1S/C14H21F3N2O2/c1-2-5-10-11(20)19(9-8-14(15,16)17)13(12(21)18-10)6-3-4-7-13/h10H,2-9H2,1H3,(H,18,21). The molecule has 0 aromatic carbocycles. The molecule has 4 nitrogen and oxygen atoms in total. The number of piperazine rings is 1. The molecule has 2 aliphatic rings. The molecule has 0 radical (unpaired) electrons. The Morgan fingerprint density at radius 2 is 1.90 bits per heavy atom. The van der Waals surface area contributed by atoms with E-state index >= 15 is 0 Å². The van der Waals surface area contributed by atoms with Crippen molar-refractivity contribution in [3.63, 3.8) is 0 Å². The lowest BCUT2D eigenvalue weighted by Gasteiger charge is -2.46. The van der Waals surface area contributed by atoms with E-state index in [0.717, 1.165) is 12.8 Å². The van der Waals surface area contributed by atoms with Crippen LogP contribution in [0.1, 0.15) is 51.9 Å². The number of halogens is 3. The van der Waals surface area contributed by atoms with Crippen molar-refractivity contribution in [1.82, 2.24) is 10.2 Å². The number of carbonyl (C=O) groups is 2. The number of alkyl halides is 3. The van der Waals surface area contributed by atoms with Crippen molar-refractivity contribution in [3.8, 4) is 0 Å². The van der Waals surface area contributed by atoms with Gasteiger partial charge in [0.05, 0.1) is 6.42 Å². The van der Waals surface area contributed by atoms with Crippen molar-refractivity contribution in [2.24, 2.45) is 0 Å². The van der Waals surface area contributed by atoms with Gasteiger partial charge in [0.2, 0.25) is 11.8 Å². The zero-order chi connectivity index (χ0) is 15.7. The topological polar surface area (TPSA) is 49.4 Å². The van der Waals surface area contributed by atoms with Gasteiger partial charge in [0.1, 0.15) is 11.6 Å². The summed E-state index contributed by atoms with van der Waals surface area (Å²) < 4.78 is 37.6. The van der Waals surface area contributed by atoms with E-state index in [-0.39, 0.29) is 11.8 Å². The van der Waals surface area contributed by atoms with Gasteiger partial charge >= 0.3 is 6.18 Å². The second kappa shape index (κ2) is 5.85. The Morgan fingerprint density at radius 1 is 1.29 bits per heavy atom. The maximum Gasteiger partial charge on any atom is 0.390 e. The Bertz CT molecular complexity index is 417. The highest BCUT2D eigenvalue weighted by molar-refractivity contribution is 6.00. The summed E-state index contributed by atoms with van der Waals surface area (Å²) >= 11 is 0. The quantitative estimate of drug-likeness (QED) is 0.867. The number of hydrogen-bond acceptors (Lipinski definition) is 2. The van der Waals surface area contributed by atoms with Gasteiger partial charge in [-0.2, -0.15) is 13.2 Å². The van der Waals surface area contributed by atoms with Crippen LogP contribution in [0.15, 0.2) is 0 Å². The van der Waals surface area contributed by atoms with Gasteiger partial charge in [0.25, 0.3) is 0 Å². The van der Waals surface area contributed by atoms with Gasteiger partial charge in [0, 0.05) is 6.54 Å². The molecule has 2 fully saturated rings. The Kier molecular flexibility index (Phi) is 4.49. The van der Waals surface area contributed by atoms with E-state index in [1.54, 1.807) is 0 Å². The molecular weight excluding hydrogens is 285 g/mol. The molecule has 1 atom stereocenters. The molecule has 120 valence electrons. The van der Waals surface area contributed by atoms with Crippen LogP contribution in [-0.2, 0) is 9.59 Å². The molecule has 1 saturated carbocycles. The lowest BCUT2D eigenvalue weighted by atomic mass is 9.88. The molecule has 1 unspecified atom stereocenters. The van der Waals surface area contributed by atoms with Crippen LogP contribution >= 0.6 is 0 Å². The van der Waals surface area contributed by atoms with Gasteiger partial charge in [-0.05, 0) is 19.3 Å². The molecule has 0 aromatic rings. The molecule has 2 rings (SSSR count). The van der Waals surface area contributed by atoms with Crippen LogP contribution in [-0.4, -0.2) is 41.0 Å². The van der Waals surface area contributed by atoms with Gasteiger partial charge < -0.3 is 10.2 Å². The van der Waals surface area contributed by atoms with E-state index in [1.165, 1.54) is 4.90 Å². The van der Waals surface area contributed by atoms with E-state index in [0.29, 0.717) is 25.7 Å². The van der Waals surface area contributed by atoms with Crippen LogP contribution in [0, 0.1) is 0 Å². The zero-order valence-electron chi connectivity index (χ0n) is 12.1. The predicted octanol–water partition coefficient (Wildman–Crippen LogP) is 2.38. The van der Waals surface area contributed by atoms with Gasteiger partial charge in [-0.3, -0.25) is 9.59 Å². The molecule has 21 heavy (non-hydrogen) atoms. The van der Waals surface area contributed by atoms with Crippen molar-refractivity contribution in [2.45, 2.75) is 69.6 Å². The van der Waals surface area contributed by atoms with Crippen molar-refractivity contribution in [1.29, 1.82) is 0 Å². The third-order valence-corrected chi connectivity index (χ3v) is 4.44. The largest absolute Gasteiger partial charge is 0.390 e. The van der Waals surface area contributed by atoms with E-state index in [9.17, 15) is 22.8 Å². The molecule has 1 saturated heterocycles. The number of nitrogens with zero attached hydrogens (tertiary/aromatic N) is 1. The fraction of sp³-hybridized carbons (Fsp3) is 0.857. The highest BCUT2D eigenvalue weighted by atomic mass is 19.4. The summed E-state index contributed by atoms with van der Waals surface area (Å²) in [5.74, 6) is -0.636. The molecule has 1 aliphatic heterocycles. The number of carbonyl (C=O) groups excluding carboxylic acids is 2. The lowest BCUT2D eigenvalue weighted by Crippen LogP contribution is -2.69. The van der Waals surface area contributed by atoms with Crippen molar-refractivity contribution >= 4 is 11.8 Å². The predicted molar refractivity (Wildman–Crippen MR) is 70.4 cm³/mol. The van der Waals surface area contributed by atoms with E-state index in [1.807, 2.05) is 6.92 Å². The van der Waals surface area contributed by atoms with Gasteiger partial charge in [-0.25, -0.2) is 0 Å². The minimum Gasteiger partial charge on any atom is -0.342 e. The lowest BCUT2D eigenvalue weighted by molar-refractivity contribution is -0.165. The van der Waals surface area contributed by atoms with E-state index in [2.05, 4.69) is 5.32 Å². The van der Waals surface area contributed by atoms with Gasteiger partial charge in [0.15, 0.2) is 0 Å². The third kappa shape index (κ3) is 3.16. The molecule has 1 spiro atoms. The minimum atomic E-state index is -4.33. The first-order valence-electron chi connectivity index (χ1n) is 7.49. The Morgan fingerprint density at radius 3 is 2.43 bits per heavy atom. The normalized spacial score (nSPS) is 25.5. The number of hydrogen-bond donors (Lipinski definition) is 1. The Hall–Kier alpha value is -1.27. The molecule has 1 N–H and O–H groups in total. The molecule has 2 amide bonds. The smallest absolute Gasteiger partial charge is 0.342 e. The molecule has 7 heteroatoms. The summed E-state index contributed by atoms with van der Waals surface area (Å²) in [5.41, 5.74) is -1.05. The van der Waals surface area contributed by atoms with Crippen molar-refractivity contribution in [2.75, 3.05) is 6.54 Å². The first kappa shape index (κ1) is 16.1. The fourth-order valence-electron chi connectivity index (χ4n) is 3.38. The summed E-state index contributed by atoms with van der Waals surface area (Å²) in [6.07, 6.45) is -1.79. The van der Waals surface area contributed by atoms with Crippen LogP contribution in [0.3, 0.4) is 0 Å². The van der Waals surface area contributed by atoms with Crippen molar-refractivity contribution < 1.29 is 22.8 Å². The minimum absolute atomic E-state index is 0.278. The highest BCUT2D eigenvalue weighted by Crippen LogP contribution is 2.39. The van der Waals surface area contributed by atoms with Crippen LogP contribution < -0.4 is 5.32 Å². The molecular formula is C14H21F3N2O2. The van der Waals surface area contributed by atoms with Crippen LogP contribution in [0.2, 0.25) is 0 Å². The number of nitrogens with one attached hydrogen (secondary N) is 1. The van der Waals surface area contributed by atoms with Crippen molar-refractivity contribution in [3.05, 3.63) is 0 Å². The van der Waals surface area contributed by atoms with Crippen LogP contribution in [0.4, 0.5) is 13.2 Å². The third-order valence-electron chi connectivity index (χ3n) is 4.44. The molecule has 1 aliphatic carbocycles. The SMILES string of the molecule is CCCC1NC(=O)C2(CCCC2)N(CCC(F)(F)F)C1=O.